The molecule has 1 aromatic carbocycles. The number of hydrogen-bond acceptors (Lipinski definition) is 6. The molecule has 0 aromatic heterocycles. The summed E-state index contributed by atoms with van der Waals surface area (Å²) >= 11 is 0. The van der Waals surface area contributed by atoms with Crippen molar-refractivity contribution in [1.82, 2.24) is 0 Å². The minimum atomic E-state index is -1.23. The van der Waals surface area contributed by atoms with Crippen molar-refractivity contribution >= 4 is 23.5 Å². The van der Waals surface area contributed by atoms with E-state index in [0.29, 0.717) is 12.8 Å². The molecule has 1 aromatic rings. The zero-order valence-electron chi connectivity index (χ0n) is 14.6. The molecular formula is C18H22O8. The second-order valence-electron chi connectivity index (χ2n) is 5.58. The second-order valence-corrected chi connectivity index (χ2v) is 5.58. The maximum absolute atomic E-state index is 11.9. The number of ether oxygens (including phenoxy) is 2. The first-order valence-electron chi connectivity index (χ1n) is 8.19. The highest BCUT2D eigenvalue weighted by molar-refractivity contribution is 5.98. The van der Waals surface area contributed by atoms with E-state index < -0.39 is 48.6 Å². The minimum absolute atomic E-state index is 0.286. The third-order valence-electron chi connectivity index (χ3n) is 3.47. The van der Waals surface area contributed by atoms with Gasteiger partial charge in [-0.2, -0.15) is 0 Å². The van der Waals surface area contributed by atoms with Crippen LogP contribution in [0, 0.1) is 0 Å². The number of hydrogen-bond donors (Lipinski definition) is 2. The van der Waals surface area contributed by atoms with Crippen LogP contribution >= 0.6 is 0 Å². The lowest BCUT2D eigenvalue weighted by atomic mass is 10.1. The summed E-state index contributed by atoms with van der Waals surface area (Å²) in [6.07, 6.45) is -2.47. The van der Waals surface area contributed by atoms with E-state index in [-0.39, 0.29) is 11.5 Å². The van der Waals surface area contributed by atoms with E-state index in [1.165, 1.54) is 6.07 Å². The highest BCUT2D eigenvalue weighted by atomic mass is 16.5. The largest absolute Gasteiger partial charge is 0.483 e. The Morgan fingerprint density at radius 1 is 0.846 bits per heavy atom. The van der Waals surface area contributed by atoms with Crippen LogP contribution in [0.3, 0.4) is 0 Å². The molecule has 2 N–H and O–H groups in total. The first-order chi connectivity index (χ1) is 12.3. The summed E-state index contributed by atoms with van der Waals surface area (Å²) < 4.78 is 11.1. The molecule has 26 heavy (non-hydrogen) atoms. The second kappa shape index (κ2) is 10.2. The Balaban J connectivity index is 2.83. The van der Waals surface area contributed by atoms with Gasteiger partial charge in [0.2, 0.25) is 0 Å². The van der Waals surface area contributed by atoms with Gasteiger partial charge in [0.25, 0.3) is 0 Å². The topological polar surface area (TPSA) is 127 Å². The first kappa shape index (κ1) is 21.1. The van der Waals surface area contributed by atoms with Gasteiger partial charge in [0.15, 0.2) is 23.8 Å². The Hall–Kier alpha value is -2.90. The highest BCUT2D eigenvalue weighted by Gasteiger charge is 2.23. The number of carbonyl (C=O) groups is 4. The SMILES string of the molecule is CCC(Oc1cccc(OC(CC)C(=O)CC(=O)O)c1)C(=O)CC(=O)O. The fourth-order valence-electron chi connectivity index (χ4n) is 2.23. The van der Waals surface area contributed by atoms with Crippen molar-refractivity contribution in [3.63, 3.8) is 0 Å². The van der Waals surface area contributed by atoms with Crippen LogP contribution in [0.1, 0.15) is 39.5 Å². The molecule has 8 heteroatoms. The van der Waals surface area contributed by atoms with Crippen LogP contribution < -0.4 is 9.47 Å². The maximum Gasteiger partial charge on any atom is 0.311 e. The zero-order chi connectivity index (χ0) is 19.7. The molecule has 0 aliphatic heterocycles. The van der Waals surface area contributed by atoms with Gasteiger partial charge in [0.05, 0.1) is 0 Å². The lowest BCUT2D eigenvalue weighted by Gasteiger charge is -2.18. The molecular weight excluding hydrogens is 344 g/mol. The van der Waals surface area contributed by atoms with Crippen LogP contribution in [-0.4, -0.2) is 45.9 Å². The van der Waals surface area contributed by atoms with Crippen LogP contribution in [0.2, 0.25) is 0 Å². The smallest absolute Gasteiger partial charge is 0.311 e. The van der Waals surface area contributed by atoms with Crippen molar-refractivity contribution in [2.24, 2.45) is 0 Å². The van der Waals surface area contributed by atoms with Crippen molar-refractivity contribution < 1.29 is 38.9 Å². The van der Waals surface area contributed by atoms with Crippen molar-refractivity contribution in [2.45, 2.75) is 51.7 Å². The average molecular weight is 366 g/mol. The van der Waals surface area contributed by atoms with Gasteiger partial charge in [0.1, 0.15) is 24.3 Å². The Kier molecular flexibility index (Phi) is 8.27. The van der Waals surface area contributed by atoms with Crippen LogP contribution in [0.15, 0.2) is 24.3 Å². The van der Waals surface area contributed by atoms with Crippen LogP contribution in [0.25, 0.3) is 0 Å². The van der Waals surface area contributed by atoms with Crippen molar-refractivity contribution in [2.75, 3.05) is 0 Å². The van der Waals surface area contributed by atoms with Gasteiger partial charge in [-0.1, -0.05) is 19.9 Å². The Morgan fingerprint density at radius 3 is 1.54 bits per heavy atom. The number of Topliss-reactive ketones (excluding diaryl/α,β-unsaturated/α-hetero) is 2. The number of carbonyl (C=O) groups excluding carboxylic acids is 2. The van der Waals surface area contributed by atoms with E-state index >= 15 is 0 Å². The Labute approximate surface area is 150 Å². The molecule has 0 fully saturated rings. The highest BCUT2D eigenvalue weighted by Crippen LogP contribution is 2.23. The molecule has 0 radical (unpaired) electrons. The minimum Gasteiger partial charge on any atom is -0.483 e. The normalized spacial score (nSPS) is 12.7. The molecule has 2 unspecified atom stereocenters. The Morgan fingerprint density at radius 2 is 1.23 bits per heavy atom. The molecule has 0 heterocycles. The number of carboxylic acid groups (broad SMARTS) is 2. The fraction of sp³-hybridized carbons (Fsp3) is 0.444. The summed E-state index contributed by atoms with van der Waals surface area (Å²) in [6.45, 7) is 3.39. The lowest BCUT2D eigenvalue weighted by molar-refractivity contribution is -0.143. The van der Waals surface area contributed by atoms with Gasteiger partial charge < -0.3 is 19.7 Å². The van der Waals surface area contributed by atoms with Crippen LogP contribution in [0.4, 0.5) is 0 Å². The molecule has 0 saturated heterocycles. The summed E-state index contributed by atoms with van der Waals surface area (Å²) in [5, 5.41) is 17.4. The Bertz CT molecular complexity index is 614. The standard InChI is InChI=1S/C18H22O8/c1-3-15(13(19)9-17(21)22)25-11-6-5-7-12(8-11)26-16(4-2)14(20)10-18(23)24/h5-8,15-16H,3-4,9-10H2,1-2H3,(H,21,22)(H,23,24). The summed E-state index contributed by atoms with van der Waals surface area (Å²) in [7, 11) is 0. The van der Waals surface area contributed by atoms with Crippen molar-refractivity contribution in [3.05, 3.63) is 24.3 Å². The summed E-state index contributed by atoms with van der Waals surface area (Å²) in [5.41, 5.74) is 0. The number of carboxylic acids is 2. The number of benzene rings is 1. The maximum atomic E-state index is 11.9. The molecule has 0 saturated carbocycles. The molecule has 0 aliphatic rings. The van der Waals surface area contributed by atoms with Crippen molar-refractivity contribution in [1.29, 1.82) is 0 Å². The van der Waals surface area contributed by atoms with E-state index in [1.807, 2.05) is 0 Å². The van der Waals surface area contributed by atoms with Crippen molar-refractivity contribution in [3.8, 4) is 11.5 Å². The van der Waals surface area contributed by atoms with E-state index in [0.717, 1.165) is 0 Å². The first-order valence-corrected chi connectivity index (χ1v) is 8.19. The fourth-order valence-corrected chi connectivity index (χ4v) is 2.23. The third kappa shape index (κ3) is 6.92. The molecule has 1 rings (SSSR count). The lowest BCUT2D eigenvalue weighted by Crippen LogP contribution is -2.29. The monoisotopic (exact) mass is 366 g/mol. The molecule has 0 spiro atoms. The third-order valence-corrected chi connectivity index (χ3v) is 3.47. The quantitative estimate of drug-likeness (QED) is 0.538. The summed E-state index contributed by atoms with van der Waals surface area (Å²) in [6, 6.07) is 6.20. The predicted molar refractivity (Wildman–Crippen MR) is 90.4 cm³/mol. The summed E-state index contributed by atoms with van der Waals surface area (Å²) in [4.78, 5) is 45.0. The molecule has 8 nitrogen and oxygen atoms in total. The predicted octanol–water partition coefficient (Wildman–Crippen LogP) is 2.09. The number of aliphatic carboxylic acids is 2. The van der Waals surface area contributed by atoms with E-state index in [9.17, 15) is 19.2 Å². The molecule has 0 amide bonds. The van der Waals surface area contributed by atoms with Gasteiger partial charge in [-0.05, 0) is 25.0 Å². The van der Waals surface area contributed by atoms with E-state index in [2.05, 4.69) is 0 Å². The number of rotatable bonds is 12. The van der Waals surface area contributed by atoms with Gasteiger partial charge in [-0.15, -0.1) is 0 Å². The van der Waals surface area contributed by atoms with E-state index in [1.54, 1.807) is 32.0 Å². The molecule has 2 atom stereocenters. The van der Waals surface area contributed by atoms with Gasteiger partial charge in [-0.25, -0.2) is 0 Å². The van der Waals surface area contributed by atoms with Crippen LogP contribution in [0.5, 0.6) is 11.5 Å². The van der Waals surface area contributed by atoms with Gasteiger partial charge >= 0.3 is 11.9 Å². The average Bonchev–Trinajstić information content (AvgIpc) is 2.56. The van der Waals surface area contributed by atoms with E-state index in [4.69, 9.17) is 19.7 Å². The molecule has 142 valence electrons. The molecule has 0 aliphatic carbocycles. The van der Waals surface area contributed by atoms with Gasteiger partial charge in [0, 0.05) is 6.07 Å². The molecule has 0 bridgehead atoms. The zero-order valence-corrected chi connectivity index (χ0v) is 14.6. The summed E-state index contributed by atoms with van der Waals surface area (Å²) in [5.74, 6) is -2.97. The van der Waals surface area contributed by atoms with Crippen LogP contribution in [-0.2, 0) is 19.2 Å². The van der Waals surface area contributed by atoms with Gasteiger partial charge in [-0.3, -0.25) is 19.2 Å². The number of ketones is 2.